The Kier molecular flexibility index (Phi) is 3.60. The number of hydrogen-bond donors (Lipinski definition) is 1. The molecule has 1 heterocycles. The summed E-state index contributed by atoms with van der Waals surface area (Å²) in [6.07, 6.45) is 3.75. The first-order valence-electron chi connectivity index (χ1n) is 6.26. The van der Waals surface area contributed by atoms with Gasteiger partial charge in [-0.3, -0.25) is 0 Å². The first-order chi connectivity index (χ1) is 8.63. The van der Waals surface area contributed by atoms with E-state index < -0.39 is 0 Å². The molecule has 3 heteroatoms. The maximum absolute atomic E-state index is 4.32. The Morgan fingerprint density at radius 2 is 1.67 bits per heavy atom. The largest absolute Gasteiger partial charge is 0.355 e. The fourth-order valence-electron chi connectivity index (χ4n) is 1.99. The Hall–Kier alpha value is -1.90. The SMILES string of the molecule is CCNc1ncc(-c2ccc(C)c(C)c2C)cn1. The molecule has 0 saturated heterocycles. The van der Waals surface area contributed by atoms with Crippen molar-refractivity contribution in [2.45, 2.75) is 27.7 Å². The predicted molar refractivity (Wildman–Crippen MR) is 75.8 cm³/mol. The Bertz CT molecular complexity index is 544. The van der Waals surface area contributed by atoms with E-state index in [1.54, 1.807) is 0 Å². The molecule has 0 fully saturated rings. The van der Waals surface area contributed by atoms with Crippen LogP contribution in [0.25, 0.3) is 11.1 Å². The highest BCUT2D eigenvalue weighted by Gasteiger charge is 2.07. The Labute approximate surface area is 108 Å². The Morgan fingerprint density at radius 3 is 2.28 bits per heavy atom. The predicted octanol–water partition coefficient (Wildman–Crippen LogP) is 3.50. The highest BCUT2D eigenvalue weighted by Crippen LogP contribution is 2.26. The number of benzene rings is 1. The minimum Gasteiger partial charge on any atom is -0.355 e. The van der Waals surface area contributed by atoms with Gasteiger partial charge in [0.2, 0.25) is 5.95 Å². The van der Waals surface area contributed by atoms with Crippen molar-refractivity contribution >= 4 is 5.95 Å². The first kappa shape index (κ1) is 12.6. The van der Waals surface area contributed by atoms with Gasteiger partial charge in [-0.05, 0) is 49.9 Å². The van der Waals surface area contributed by atoms with E-state index in [0.717, 1.165) is 12.1 Å². The standard InChI is InChI=1S/C15H19N3/c1-5-16-15-17-8-13(9-18-15)14-7-6-10(2)11(3)12(14)4/h6-9H,5H2,1-4H3,(H,16,17,18). The molecule has 1 aromatic carbocycles. The van der Waals surface area contributed by atoms with Gasteiger partial charge in [0.1, 0.15) is 0 Å². The van der Waals surface area contributed by atoms with Crippen LogP contribution in [0.15, 0.2) is 24.5 Å². The summed E-state index contributed by atoms with van der Waals surface area (Å²) in [6, 6.07) is 4.29. The van der Waals surface area contributed by atoms with E-state index in [9.17, 15) is 0 Å². The average molecular weight is 241 g/mol. The fourth-order valence-corrected chi connectivity index (χ4v) is 1.99. The molecule has 0 spiro atoms. The van der Waals surface area contributed by atoms with Crippen LogP contribution in [-0.4, -0.2) is 16.5 Å². The van der Waals surface area contributed by atoms with Crippen LogP contribution in [0.5, 0.6) is 0 Å². The second-order valence-corrected chi connectivity index (χ2v) is 4.51. The minimum absolute atomic E-state index is 0.683. The molecule has 0 radical (unpaired) electrons. The van der Waals surface area contributed by atoms with Crippen LogP contribution in [0.3, 0.4) is 0 Å². The van der Waals surface area contributed by atoms with Crippen LogP contribution in [0, 0.1) is 20.8 Å². The van der Waals surface area contributed by atoms with Crippen molar-refractivity contribution in [2.75, 3.05) is 11.9 Å². The molecule has 0 aliphatic rings. The lowest BCUT2D eigenvalue weighted by Crippen LogP contribution is -2.01. The van der Waals surface area contributed by atoms with Crippen LogP contribution in [0.1, 0.15) is 23.6 Å². The van der Waals surface area contributed by atoms with Gasteiger partial charge in [-0.1, -0.05) is 12.1 Å². The van der Waals surface area contributed by atoms with Gasteiger partial charge in [-0.25, -0.2) is 9.97 Å². The maximum Gasteiger partial charge on any atom is 0.222 e. The molecule has 0 unspecified atom stereocenters. The number of aryl methyl sites for hydroxylation is 1. The number of hydrogen-bond acceptors (Lipinski definition) is 3. The van der Waals surface area contributed by atoms with Crippen LogP contribution in [0.2, 0.25) is 0 Å². The molecular weight excluding hydrogens is 222 g/mol. The Balaban J connectivity index is 2.40. The van der Waals surface area contributed by atoms with E-state index in [0.29, 0.717) is 5.95 Å². The third-order valence-corrected chi connectivity index (χ3v) is 3.36. The summed E-state index contributed by atoms with van der Waals surface area (Å²) in [5.74, 6) is 0.683. The van der Waals surface area contributed by atoms with Gasteiger partial charge in [0, 0.05) is 24.5 Å². The third kappa shape index (κ3) is 2.35. The number of aromatic nitrogens is 2. The smallest absolute Gasteiger partial charge is 0.222 e. The van der Waals surface area contributed by atoms with E-state index in [1.165, 1.54) is 22.3 Å². The van der Waals surface area contributed by atoms with Crippen molar-refractivity contribution in [3.63, 3.8) is 0 Å². The van der Waals surface area contributed by atoms with Crippen LogP contribution in [0.4, 0.5) is 5.95 Å². The van der Waals surface area contributed by atoms with Gasteiger partial charge in [-0.15, -0.1) is 0 Å². The van der Waals surface area contributed by atoms with Crippen molar-refractivity contribution in [2.24, 2.45) is 0 Å². The summed E-state index contributed by atoms with van der Waals surface area (Å²) >= 11 is 0. The summed E-state index contributed by atoms with van der Waals surface area (Å²) in [4.78, 5) is 8.63. The topological polar surface area (TPSA) is 37.8 Å². The van der Waals surface area contributed by atoms with Gasteiger partial charge in [0.25, 0.3) is 0 Å². The summed E-state index contributed by atoms with van der Waals surface area (Å²) in [5, 5.41) is 3.10. The number of rotatable bonds is 3. The van der Waals surface area contributed by atoms with E-state index in [1.807, 2.05) is 19.3 Å². The van der Waals surface area contributed by atoms with Gasteiger partial charge in [0.15, 0.2) is 0 Å². The lowest BCUT2D eigenvalue weighted by Gasteiger charge is -2.11. The zero-order valence-corrected chi connectivity index (χ0v) is 11.4. The van der Waals surface area contributed by atoms with Gasteiger partial charge < -0.3 is 5.32 Å². The summed E-state index contributed by atoms with van der Waals surface area (Å²) in [6.45, 7) is 9.31. The van der Waals surface area contributed by atoms with Crippen molar-refractivity contribution in [3.8, 4) is 11.1 Å². The molecular formula is C15H19N3. The molecule has 1 N–H and O–H groups in total. The second-order valence-electron chi connectivity index (χ2n) is 4.51. The molecule has 2 aromatic rings. The van der Waals surface area contributed by atoms with E-state index in [-0.39, 0.29) is 0 Å². The fraction of sp³-hybridized carbons (Fsp3) is 0.333. The summed E-state index contributed by atoms with van der Waals surface area (Å²) < 4.78 is 0. The molecule has 3 nitrogen and oxygen atoms in total. The molecule has 2 rings (SSSR count). The quantitative estimate of drug-likeness (QED) is 0.893. The van der Waals surface area contributed by atoms with Crippen molar-refractivity contribution in [1.82, 2.24) is 9.97 Å². The maximum atomic E-state index is 4.32. The summed E-state index contributed by atoms with van der Waals surface area (Å²) in [7, 11) is 0. The molecule has 94 valence electrons. The molecule has 18 heavy (non-hydrogen) atoms. The zero-order chi connectivity index (χ0) is 13.1. The van der Waals surface area contributed by atoms with Crippen molar-refractivity contribution in [1.29, 1.82) is 0 Å². The van der Waals surface area contributed by atoms with Gasteiger partial charge in [0.05, 0.1) is 0 Å². The number of anilines is 1. The molecule has 1 aromatic heterocycles. The second kappa shape index (κ2) is 5.17. The molecule has 0 atom stereocenters. The van der Waals surface area contributed by atoms with Crippen LogP contribution >= 0.6 is 0 Å². The average Bonchev–Trinajstić information content (AvgIpc) is 2.38. The molecule has 0 saturated carbocycles. The minimum atomic E-state index is 0.683. The molecule has 0 amide bonds. The zero-order valence-electron chi connectivity index (χ0n) is 11.4. The van der Waals surface area contributed by atoms with Gasteiger partial charge >= 0.3 is 0 Å². The lowest BCUT2D eigenvalue weighted by molar-refractivity contribution is 1.08. The normalized spacial score (nSPS) is 10.4. The van der Waals surface area contributed by atoms with Crippen LogP contribution < -0.4 is 5.32 Å². The van der Waals surface area contributed by atoms with E-state index in [4.69, 9.17) is 0 Å². The third-order valence-electron chi connectivity index (χ3n) is 3.36. The monoisotopic (exact) mass is 241 g/mol. The number of nitrogens with zero attached hydrogens (tertiary/aromatic N) is 2. The molecule has 0 aliphatic heterocycles. The van der Waals surface area contributed by atoms with E-state index in [2.05, 4.69) is 48.2 Å². The van der Waals surface area contributed by atoms with Crippen molar-refractivity contribution in [3.05, 3.63) is 41.2 Å². The molecule has 0 bridgehead atoms. The lowest BCUT2D eigenvalue weighted by atomic mass is 9.96. The Morgan fingerprint density at radius 1 is 1.00 bits per heavy atom. The number of nitrogens with one attached hydrogen (secondary N) is 1. The molecule has 0 aliphatic carbocycles. The highest BCUT2D eigenvalue weighted by molar-refractivity contribution is 5.68. The first-order valence-corrected chi connectivity index (χ1v) is 6.26. The summed E-state index contributed by atoms with van der Waals surface area (Å²) in [5.41, 5.74) is 6.23. The van der Waals surface area contributed by atoms with E-state index >= 15 is 0 Å². The van der Waals surface area contributed by atoms with Gasteiger partial charge in [-0.2, -0.15) is 0 Å². The highest BCUT2D eigenvalue weighted by atomic mass is 15.1. The van der Waals surface area contributed by atoms with Crippen LogP contribution in [-0.2, 0) is 0 Å². The van der Waals surface area contributed by atoms with Crippen molar-refractivity contribution < 1.29 is 0 Å².